The molecule has 4 rings (SSSR count). The first kappa shape index (κ1) is 13.0. The average molecular weight is 296 g/mol. The van der Waals surface area contributed by atoms with Gasteiger partial charge in [0.2, 0.25) is 0 Å². The number of amides is 1. The van der Waals surface area contributed by atoms with Crippen molar-refractivity contribution in [3.8, 4) is 0 Å². The van der Waals surface area contributed by atoms with E-state index in [1.54, 1.807) is 0 Å². The fourth-order valence-corrected chi connectivity index (χ4v) is 2.74. The number of carbonyl (C=O) groups excluding carboxylic acids is 1. The molecule has 7 nitrogen and oxygen atoms in total. The maximum Gasteiger partial charge on any atom is 0.267 e. The molecule has 1 aromatic carbocycles. The van der Waals surface area contributed by atoms with Crippen LogP contribution in [-0.4, -0.2) is 38.1 Å². The number of nitrogens with zero attached hydrogens (tertiary/aromatic N) is 3. The fourth-order valence-electron chi connectivity index (χ4n) is 2.74. The van der Waals surface area contributed by atoms with Crippen LogP contribution in [0.5, 0.6) is 0 Å². The van der Waals surface area contributed by atoms with Gasteiger partial charge in [-0.25, -0.2) is 0 Å². The summed E-state index contributed by atoms with van der Waals surface area (Å²) in [5.74, 6) is 0.632. The summed E-state index contributed by atoms with van der Waals surface area (Å²) in [6.07, 6.45) is 2.90. The molecule has 1 saturated carbocycles. The maximum absolute atomic E-state index is 12.3. The minimum absolute atomic E-state index is 0.0735. The summed E-state index contributed by atoms with van der Waals surface area (Å²) in [7, 11) is 0. The van der Waals surface area contributed by atoms with Gasteiger partial charge in [-0.2, -0.15) is 5.21 Å². The highest BCUT2D eigenvalue weighted by Crippen LogP contribution is 2.47. The third-order valence-corrected chi connectivity index (χ3v) is 4.28. The third kappa shape index (κ3) is 2.45. The first-order valence-corrected chi connectivity index (χ1v) is 7.32. The molecule has 0 unspecified atom stereocenters. The lowest BCUT2D eigenvalue weighted by molar-refractivity contribution is 0.0940. The third-order valence-electron chi connectivity index (χ3n) is 4.28. The van der Waals surface area contributed by atoms with Crippen molar-refractivity contribution < 1.29 is 4.79 Å². The summed E-state index contributed by atoms with van der Waals surface area (Å²) in [5, 5.41) is 18.1. The van der Waals surface area contributed by atoms with Crippen LogP contribution in [0.1, 0.15) is 29.2 Å². The summed E-state index contributed by atoms with van der Waals surface area (Å²) in [6.45, 7) is 0.635. The highest BCUT2D eigenvalue weighted by molar-refractivity contribution is 5.98. The number of carbonyl (C=O) groups is 1. The molecule has 112 valence electrons. The predicted octanol–water partition coefficient (Wildman–Crippen LogP) is 1.43. The van der Waals surface area contributed by atoms with Crippen LogP contribution in [0, 0.1) is 5.41 Å². The van der Waals surface area contributed by atoms with Crippen molar-refractivity contribution in [1.29, 1.82) is 0 Å². The molecule has 0 bridgehead atoms. The van der Waals surface area contributed by atoms with E-state index in [0.717, 1.165) is 30.2 Å². The van der Waals surface area contributed by atoms with Crippen LogP contribution in [0.2, 0.25) is 0 Å². The Labute approximate surface area is 126 Å². The maximum atomic E-state index is 12.3. The van der Waals surface area contributed by atoms with Gasteiger partial charge in [-0.1, -0.05) is 23.4 Å². The van der Waals surface area contributed by atoms with E-state index in [2.05, 4.69) is 30.9 Å². The lowest BCUT2D eigenvalue weighted by atomic mass is 10.0. The summed E-state index contributed by atoms with van der Waals surface area (Å²) in [6, 6.07) is 9.74. The highest BCUT2D eigenvalue weighted by atomic mass is 16.1. The van der Waals surface area contributed by atoms with E-state index >= 15 is 0 Å². The molecular formula is C15H16N6O. The van der Waals surface area contributed by atoms with Gasteiger partial charge in [0.15, 0.2) is 5.82 Å². The molecule has 7 heteroatoms. The van der Waals surface area contributed by atoms with Gasteiger partial charge in [0, 0.05) is 23.9 Å². The molecule has 1 aliphatic carbocycles. The standard InChI is InChI=1S/C15H16N6O/c22-14(12-7-10-3-1-2-4-11(10)17-12)16-9-15(5-6-15)8-13-18-20-21-19-13/h1-4,7,17H,5-6,8-9H2,(H,16,22)(H,18,19,20,21). The summed E-state index contributed by atoms with van der Waals surface area (Å²) in [4.78, 5) is 15.4. The number of aromatic amines is 2. The van der Waals surface area contributed by atoms with Crippen molar-refractivity contribution in [2.24, 2.45) is 5.41 Å². The Balaban J connectivity index is 1.42. The molecular weight excluding hydrogens is 280 g/mol. The highest BCUT2D eigenvalue weighted by Gasteiger charge is 2.43. The second-order valence-electron chi connectivity index (χ2n) is 5.96. The van der Waals surface area contributed by atoms with Gasteiger partial charge in [0.05, 0.1) is 0 Å². The summed E-state index contributed by atoms with van der Waals surface area (Å²) in [5.41, 5.74) is 1.66. The molecule has 0 radical (unpaired) electrons. The van der Waals surface area contributed by atoms with Crippen molar-refractivity contribution in [1.82, 2.24) is 30.9 Å². The number of H-pyrrole nitrogens is 2. The summed E-state index contributed by atoms with van der Waals surface area (Å²) >= 11 is 0. The molecule has 0 spiro atoms. The minimum Gasteiger partial charge on any atom is -0.351 e. The van der Waals surface area contributed by atoms with Crippen molar-refractivity contribution in [3.63, 3.8) is 0 Å². The Kier molecular flexibility index (Phi) is 2.92. The smallest absolute Gasteiger partial charge is 0.267 e. The number of aromatic nitrogens is 5. The Morgan fingerprint density at radius 3 is 2.91 bits per heavy atom. The number of para-hydroxylation sites is 1. The van der Waals surface area contributed by atoms with Gasteiger partial charge in [-0.05, 0) is 30.4 Å². The monoisotopic (exact) mass is 296 g/mol. The molecule has 3 N–H and O–H groups in total. The topological polar surface area (TPSA) is 99.3 Å². The van der Waals surface area contributed by atoms with E-state index in [9.17, 15) is 4.79 Å². The van der Waals surface area contributed by atoms with Crippen molar-refractivity contribution in [2.75, 3.05) is 6.54 Å². The molecule has 0 saturated heterocycles. The van der Waals surface area contributed by atoms with E-state index < -0.39 is 0 Å². The zero-order chi connectivity index (χ0) is 15.0. The summed E-state index contributed by atoms with van der Waals surface area (Å²) < 4.78 is 0. The number of benzene rings is 1. The number of hydrogen-bond donors (Lipinski definition) is 3. The molecule has 1 amide bonds. The number of fused-ring (bicyclic) bond motifs is 1. The minimum atomic E-state index is -0.0735. The quantitative estimate of drug-likeness (QED) is 0.663. The van der Waals surface area contributed by atoms with Gasteiger partial charge >= 0.3 is 0 Å². The molecule has 2 aromatic heterocycles. The number of nitrogens with one attached hydrogen (secondary N) is 3. The van der Waals surface area contributed by atoms with E-state index in [4.69, 9.17) is 0 Å². The van der Waals surface area contributed by atoms with E-state index in [0.29, 0.717) is 18.1 Å². The molecule has 1 aliphatic rings. The van der Waals surface area contributed by atoms with Gasteiger partial charge in [-0.3, -0.25) is 4.79 Å². The zero-order valence-corrected chi connectivity index (χ0v) is 12.0. The Bertz CT molecular complexity index is 769. The Morgan fingerprint density at radius 1 is 1.32 bits per heavy atom. The van der Waals surface area contributed by atoms with E-state index in [1.807, 2.05) is 30.3 Å². The van der Waals surface area contributed by atoms with Crippen LogP contribution in [-0.2, 0) is 6.42 Å². The second kappa shape index (κ2) is 4.94. The molecule has 22 heavy (non-hydrogen) atoms. The second-order valence-corrected chi connectivity index (χ2v) is 5.96. The first-order valence-electron chi connectivity index (χ1n) is 7.32. The number of tetrazole rings is 1. The Morgan fingerprint density at radius 2 is 2.18 bits per heavy atom. The average Bonchev–Trinajstić information content (AvgIpc) is 2.94. The number of rotatable bonds is 5. The van der Waals surface area contributed by atoms with Gasteiger partial charge in [0.1, 0.15) is 5.69 Å². The van der Waals surface area contributed by atoms with Crippen LogP contribution in [0.15, 0.2) is 30.3 Å². The molecule has 2 heterocycles. The lowest BCUT2D eigenvalue weighted by Crippen LogP contribution is -2.31. The van der Waals surface area contributed by atoms with E-state index in [1.165, 1.54) is 0 Å². The molecule has 0 atom stereocenters. The van der Waals surface area contributed by atoms with E-state index in [-0.39, 0.29) is 11.3 Å². The zero-order valence-electron chi connectivity index (χ0n) is 12.0. The van der Waals surface area contributed by atoms with Crippen LogP contribution < -0.4 is 5.32 Å². The van der Waals surface area contributed by atoms with Crippen molar-refractivity contribution in [2.45, 2.75) is 19.3 Å². The largest absolute Gasteiger partial charge is 0.351 e. The molecule has 3 aromatic rings. The van der Waals surface area contributed by atoms with Crippen LogP contribution >= 0.6 is 0 Å². The van der Waals surface area contributed by atoms with Gasteiger partial charge in [-0.15, -0.1) is 10.2 Å². The predicted molar refractivity (Wildman–Crippen MR) is 80.2 cm³/mol. The lowest BCUT2D eigenvalue weighted by Gasteiger charge is -2.13. The van der Waals surface area contributed by atoms with Gasteiger partial charge in [0.25, 0.3) is 5.91 Å². The fraction of sp³-hybridized carbons (Fsp3) is 0.333. The first-order chi connectivity index (χ1) is 10.7. The van der Waals surface area contributed by atoms with Crippen LogP contribution in [0.3, 0.4) is 0 Å². The number of hydrogen-bond acceptors (Lipinski definition) is 4. The Hall–Kier alpha value is -2.70. The van der Waals surface area contributed by atoms with Crippen LogP contribution in [0.25, 0.3) is 10.9 Å². The molecule has 1 fully saturated rings. The van der Waals surface area contributed by atoms with Crippen molar-refractivity contribution in [3.05, 3.63) is 41.9 Å². The van der Waals surface area contributed by atoms with Crippen molar-refractivity contribution >= 4 is 16.8 Å². The van der Waals surface area contributed by atoms with Crippen LogP contribution in [0.4, 0.5) is 0 Å². The molecule has 0 aliphatic heterocycles. The van der Waals surface area contributed by atoms with Gasteiger partial charge < -0.3 is 10.3 Å². The normalized spacial score (nSPS) is 15.8. The SMILES string of the molecule is O=C(NCC1(Cc2nn[nH]n2)CC1)c1cc2ccccc2[nH]1.